The van der Waals surface area contributed by atoms with E-state index in [1.54, 1.807) is 25.7 Å². The van der Waals surface area contributed by atoms with Crippen LogP contribution in [0.25, 0.3) is 0 Å². The molecule has 1 atom stereocenters. The molecule has 1 unspecified atom stereocenters. The van der Waals surface area contributed by atoms with E-state index in [2.05, 4.69) is 25.6 Å². The van der Waals surface area contributed by atoms with E-state index < -0.39 is 21.7 Å². The van der Waals surface area contributed by atoms with E-state index in [9.17, 15) is 13.2 Å². The molecule has 26 heavy (non-hydrogen) atoms. The summed E-state index contributed by atoms with van der Waals surface area (Å²) in [4.78, 5) is 17.7. The van der Waals surface area contributed by atoms with Gasteiger partial charge in [0, 0.05) is 29.8 Å². The van der Waals surface area contributed by atoms with Gasteiger partial charge in [-0.3, -0.25) is 0 Å². The summed E-state index contributed by atoms with van der Waals surface area (Å²) in [5.41, 5.74) is -0.603. The minimum Gasteiger partial charge on any atom is -0.444 e. The van der Waals surface area contributed by atoms with Gasteiger partial charge in [0.2, 0.25) is 10.0 Å². The summed E-state index contributed by atoms with van der Waals surface area (Å²) >= 11 is 9.11. The Morgan fingerprint density at radius 1 is 1.46 bits per heavy atom. The highest BCUT2D eigenvalue weighted by Gasteiger charge is 2.31. The number of rotatable bonds is 4. The Morgan fingerprint density at radius 2 is 2.15 bits per heavy atom. The second kappa shape index (κ2) is 8.41. The molecule has 1 saturated heterocycles. The summed E-state index contributed by atoms with van der Waals surface area (Å²) in [6.45, 7) is 6.03. The van der Waals surface area contributed by atoms with Crippen LogP contribution in [0.2, 0.25) is 5.15 Å². The van der Waals surface area contributed by atoms with Crippen molar-refractivity contribution in [3.8, 4) is 0 Å². The maximum Gasteiger partial charge on any atom is 0.410 e. The average molecular weight is 469 g/mol. The second-order valence-corrected chi connectivity index (χ2v) is 10.1. The van der Waals surface area contributed by atoms with E-state index in [0.29, 0.717) is 17.4 Å². The number of hydrogen-bond donors (Lipinski definition) is 1. The van der Waals surface area contributed by atoms with E-state index in [1.807, 2.05) is 0 Å². The minimum atomic E-state index is -3.85. The van der Waals surface area contributed by atoms with Crippen LogP contribution in [0.4, 0.5) is 4.79 Å². The number of halogens is 2. The van der Waals surface area contributed by atoms with Crippen LogP contribution in [-0.2, 0) is 14.8 Å². The molecule has 0 radical (unpaired) electrons. The lowest BCUT2D eigenvalue weighted by Gasteiger charge is -2.36. The number of amides is 1. The quantitative estimate of drug-likeness (QED) is 0.683. The molecule has 0 aliphatic carbocycles. The predicted octanol–water partition coefficient (Wildman–Crippen LogP) is 3.57. The molecule has 10 heteroatoms. The van der Waals surface area contributed by atoms with Gasteiger partial charge in [-0.1, -0.05) is 11.6 Å². The van der Waals surface area contributed by atoms with Crippen molar-refractivity contribution in [1.82, 2.24) is 14.6 Å². The molecule has 1 amide bonds. The number of carbonyl (C=O) groups excluding carboxylic acids is 1. The van der Waals surface area contributed by atoms with Crippen LogP contribution in [0.15, 0.2) is 21.6 Å². The first-order valence-corrected chi connectivity index (χ1v) is 11.0. The van der Waals surface area contributed by atoms with Gasteiger partial charge in [-0.25, -0.2) is 22.9 Å². The topological polar surface area (TPSA) is 88.6 Å². The van der Waals surface area contributed by atoms with E-state index in [0.717, 1.165) is 12.8 Å². The number of piperidine rings is 1. The van der Waals surface area contributed by atoms with Crippen molar-refractivity contribution < 1.29 is 17.9 Å². The van der Waals surface area contributed by atoms with Crippen molar-refractivity contribution >= 4 is 43.6 Å². The molecule has 1 aliphatic heterocycles. The lowest BCUT2D eigenvalue weighted by molar-refractivity contribution is 0.0105. The minimum absolute atomic E-state index is 0.0877. The first-order chi connectivity index (χ1) is 12.0. The summed E-state index contributed by atoms with van der Waals surface area (Å²) in [5.74, 6) is 0. The highest BCUT2D eigenvalue weighted by Crippen LogP contribution is 2.24. The zero-order chi connectivity index (χ0) is 19.5. The van der Waals surface area contributed by atoms with Crippen LogP contribution in [0, 0.1) is 0 Å². The maximum atomic E-state index is 12.6. The molecule has 0 aromatic carbocycles. The van der Waals surface area contributed by atoms with Crippen molar-refractivity contribution in [3.63, 3.8) is 0 Å². The normalized spacial score (nSPS) is 18.7. The fraction of sp³-hybridized carbons (Fsp3) is 0.625. The number of aromatic nitrogens is 1. The van der Waals surface area contributed by atoms with Crippen LogP contribution in [0.3, 0.4) is 0 Å². The van der Waals surface area contributed by atoms with Crippen LogP contribution in [-0.4, -0.2) is 49.1 Å². The van der Waals surface area contributed by atoms with Crippen molar-refractivity contribution in [1.29, 1.82) is 0 Å². The highest BCUT2D eigenvalue weighted by atomic mass is 79.9. The van der Waals surface area contributed by atoms with Gasteiger partial charge in [0.15, 0.2) is 0 Å². The standard InChI is InChI=1S/C16H23BrClN3O4S/c1-16(2,3)25-15(22)21-7-5-4-6-12(21)10-20-26(23,24)13-8-11(17)9-19-14(13)18/h8-9,12,20H,4-7,10H2,1-3H3. The Kier molecular flexibility index (Phi) is 6.92. The number of ether oxygens (including phenoxy) is 1. The van der Waals surface area contributed by atoms with Crippen molar-refractivity contribution in [2.24, 2.45) is 0 Å². The van der Waals surface area contributed by atoms with Gasteiger partial charge >= 0.3 is 6.09 Å². The summed E-state index contributed by atoms with van der Waals surface area (Å²) in [7, 11) is -3.85. The molecule has 1 aromatic heterocycles. The fourth-order valence-corrected chi connectivity index (χ4v) is 4.66. The smallest absolute Gasteiger partial charge is 0.410 e. The SMILES string of the molecule is CC(C)(C)OC(=O)N1CCCCC1CNS(=O)(=O)c1cc(Br)cnc1Cl. The molecule has 1 fully saturated rings. The Balaban J connectivity index is 2.10. The second-order valence-electron chi connectivity index (χ2n) is 7.12. The van der Waals surface area contributed by atoms with Gasteiger partial charge in [-0.05, 0) is 62.0 Å². The van der Waals surface area contributed by atoms with E-state index in [1.165, 1.54) is 12.3 Å². The Hall–Kier alpha value is -0.900. The number of hydrogen-bond acceptors (Lipinski definition) is 5. The lowest BCUT2D eigenvalue weighted by Crippen LogP contribution is -2.50. The van der Waals surface area contributed by atoms with E-state index >= 15 is 0 Å². The third-order valence-corrected chi connectivity index (χ3v) is 6.11. The zero-order valence-electron chi connectivity index (χ0n) is 15.0. The van der Waals surface area contributed by atoms with Crippen LogP contribution < -0.4 is 4.72 Å². The first kappa shape index (κ1) is 21.4. The average Bonchev–Trinajstić information content (AvgIpc) is 2.54. The molecular formula is C16H23BrClN3O4S. The summed E-state index contributed by atoms with van der Waals surface area (Å²) in [6.07, 6.45) is 3.48. The summed E-state index contributed by atoms with van der Waals surface area (Å²) < 4.78 is 33.6. The third-order valence-electron chi connectivity index (χ3n) is 3.83. The molecular weight excluding hydrogens is 446 g/mol. The van der Waals surface area contributed by atoms with Gasteiger partial charge in [0.25, 0.3) is 0 Å². The Morgan fingerprint density at radius 3 is 2.81 bits per heavy atom. The number of carbonyl (C=O) groups is 1. The molecule has 1 N–H and O–H groups in total. The number of nitrogens with one attached hydrogen (secondary N) is 1. The summed E-state index contributed by atoms with van der Waals surface area (Å²) in [6, 6.07) is 1.12. The van der Waals surface area contributed by atoms with Gasteiger partial charge in [0.1, 0.15) is 15.6 Å². The number of sulfonamides is 1. The Bertz CT molecular complexity index is 767. The first-order valence-electron chi connectivity index (χ1n) is 8.30. The molecule has 1 aliphatic rings. The van der Waals surface area contributed by atoms with Crippen molar-refractivity contribution in [3.05, 3.63) is 21.9 Å². The number of pyridine rings is 1. The van der Waals surface area contributed by atoms with Gasteiger partial charge in [-0.2, -0.15) is 0 Å². The van der Waals surface area contributed by atoms with Crippen molar-refractivity contribution in [2.45, 2.75) is 56.6 Å². The van der Waals surface area contributed by atoms with E-state index in [4.69, 9.17) is 16.3 Å². The van der Waals surface area contributed by atoms with Gasteiger partial charge in [-0.15, -0.1) is 0 Å². The molecule has 0 saturated carbocycles. The molecule has 2 rings (SSSR count). The predicted molar refractivity (Wildman–Crippen MR) is 103 cm³/mol. The number of likely N-dealkylation sites (tertiary alicyclic amines) is 1. The summed E-state index contributed by atoms with van der Waals surface area (Å²) in [5, 5.41) is -0.103. The monoisotopic (exact) mass is 467 g/mol. The molecule has 1 aromatic rings. The van der Waals surface area contributed by atoms with Gasteiger partial charge < -0.3 is 9.64 Å². The molecule has 146 valence electrons. The largest absolute Gasteiger partial charge is 0.444 e. The fourth-order valence-electron chi connectivity index (χ4n) is 2.65. The Labute approximate surface area is 167 Å². The lowest BCUT2D eigenvalue weighted by atomic mass is 10.0. The highest BCUT2D eigenvalue weighted by molar-refractivity contribution is 9.10. The molecule has 2 heterocycles. The zero-order valence-corrected chi connectivity index (χ0v) is 18.1. The van der Waals surface area contributed by atoms with Crippen LogP contribution in [0.5, 0.6) is 0 Å². The molecule has 0 spiro atoms. The third kappa shape index (κ3) is 5.80. The molecule has 0 bridgehead atoms. The number of nitrogens with zero attached hydrogens (tertiary/aromatic N) is 2. The van der Waals surface area contributed by atoms with Crippen molar-refractivity contribution in [2.75, 3.05) is 13.1 Å². The van der Waals surface area contributed by atoms with Crippen LogP contribution >= 0.6 is 27.5 Å². The van der Waals surface area contributed by atoms with E-state index in [-0.39, 0.29) is 22.6 Å². The van der Waals surface area contributed by atoms with Crippen LogP contribution in [0.1, 0.15) is 40.0 Å². The molecule has 7 nitrogen and oxygen atoms in total. The van der Waals surface area contributed by atoms with Gasteiger partial charge in [0.05, 0.1) is 0 Å². The maximum absolute atomic E-state index is 12.6.